The van der Waals surface area contributed by atoms with Gasteiger partial charge in [-0.1, -0.05) is 12.2 Å². The quantitative estimate of drug-likeness (QED) is 0.644. The van der Waals surface area contributed by atoms with Crippen molar-refractivity contribution in [3.63, 3.8) is 0 Å². The number of ether oxygens (including phenoxy) is 1. The number of hydrogen-bond donors (Lipinski definition) is 1. The summed E-state index contributed by atoms with van der Waals surface area (Å²) < 4.78 is 5.36. The Morgan fingerprint density at radius 2 is 2.00 bits per heavy atom. The lowest BCUT2D eigenvalue weighted by Crippen LogP contribution is -2.44. The summed E-state index contributed by atoms with van der Waals surface area (Å²) in [6, 6.07) is 0. The molecule has 2 fully saturated rings. The Bertz CT molecular complexity index is 255. The first kappa shape index (κ1) is 8.93. The minimum absolute atomic E-state index is 0.386. The minimum atomic E-state index is -0.386. The van der Waals surface area contributed by atoms with Gasteiger partial charge >= 0.3 is 0 Å². The molecule has 0 amide bonds. The molecule has 0 aromatic rings. The molecule has 0 spiro atoms. The summed E-state index contributed by atoms with van der Waals surface area (Å²) in [4.78, 5) is 0. The summed E-state index contributed by atoms with van der Waals surface area (Å²) in [7, 11) is 0. The van der Waals surface area contributed by atoms with E-state index in [0.717, 1.165) is 32.5 Å². The molecule has 3 rings (SSSR count). The summed E-state index contributed by atoms with van der Waals surface area (Å²) >= 11 is 0. The summed E-state index contributed by atoms with van der Waals surface area (Å²) in [6.07, 6.45) is 8.82. The van der Waals surface area contributed by atoms with Crippen molar-refractivity contribution in [3.8, 4) is 0 Å². The van der Waals surface area contributed by atoms with Crippen molar-refractivity contribution in [2.24, 2.45) is 17.8 Å². The fraction of sp³-hybridized carbons (Fsp3) is 0.833. The Morgan fingerprint density at radius 3 is 2.57 bits per heavy atom. The molecule has 3 unspecified atom stereocenters. The molecule has 2 aliphatic carbocycles. The number of aliphatic hydroxyl groups is 1. The van der Waals surface area contributed by atoms with E-state index in [1.54, 1.807) is 0 Å². The second-order valence-corrected chi connectivity index (χ2v) is 5.07. The van der Waals surface area contributed by atoms with Gasteiger partial charge in [-0.3, -0.25) is 0 Å². The number of hydrogen-bond acceptors (Lipinski definition) is 2. The molecule has 0 aromatic carbocycles. The molecule has 1 saturated carbocycles. The van der Waals surface area contributed by atoms with Crippen LogP contribution in [-0.2, 0) is 4.74 Å². The molecule has 0 radical (unpaired) electrons. The fourth-order valence-corrected chi connectivity index (χ4v) is 3.53. The highest BCUT2D eigenvalue weighted by Gasteiger charge is 2.51. The Hall–Kier alpha value is -0.340. The Balaban J connectivity index is 1.79. The molecule has 3 aliphatic rings. The third kappa shape index (κ3) is 1.17. The van der Waals surface area contributed by atoms with E-state index in [2.05, 4.69) is 12.2 Å². The molecule has 78 valence electrons. The average molecular weight is 194 g/mol. The lowest BCUT2D eigenvalue weighted by Gasteiger charge is -2.40. The lowest BCUT2D eigenvalue weighted by atomic mass is 9.74. The molecule has 1 N–H and O–H groups in total. The highest BCUT2D eigenvalue weighted by atomic mass is 16.5. The van der Waals surface area contributed by atoms with Crippen LogP contribution >= 0.6 is 0 Å². The van der Waals surface area contributed by atoms with E-state index >= 15 is 0 Å². The van der Waals surface area contributed by atoms with E-state index < -0.39 is 0 Å². The van der Waals surface area contributed by atoms with E-state index in [1.807, 2.05) is 0 Å². The van der Waals surface area contributed by atoms with Gasteiger partial charge in [-0.05, 0) is 37.5 Å². The van der Waals surface area contributed by atoms with Gasteiger partial charge in [-0.2, -0.15) is 0 Å². The molecule has 14 heavy (non-hydrogen) atoms. The zero-order chi connectivity index (χ0) is 9.60. The van der Waals surface area contributed by atoms with Crippen LogP contribution in [-0.4, -0.2) is 23.9 Å². The van der Waals surface area contributed by atoms with Crippen molar-refractivity contribution in [2.75, 3.05) is 13.2 Å². The van der Waals surface area contributed by atoms with E-state index in [9.17, 15) is 5.11 Å². The first-order chi connectivity index (χ1) is 6.79. The standard InChI is InChI=1S/C12H18O2/c13-12(10-3-5-14-6-4-10)8-9-1-2-11(12)7-9/h1-2,9-11,13H,3-8H2. The summed E-state index contributed by atoms with van der Waals surface area (Å²) in [6.45, 7) is 1.68. The van der Waals surface area contributed by atoms with Crippen LogP contribution in [0, 0.1) is 17.8 Å². The van der Waals surface area contributed by atoms with Gasteiger partial charge in [-0.15, -0.1) is 0 Å². The van der Waals surface area contributed by atoms with E-state index in [1.165, 1.54) is 6.42 Å². The van der Waals surface area contributed by atoms with Crippen molar-refractivity contribution in [2.45, 2.75) is 31.3 Å². The number of allylic oxidation sites excluding steroid dienone is 1. The van der Waals surface area contributed by atoms with E-state index in [0.29, 0.717) is 17.8 Å². The first-order valence-electron chi connectivity index (χ1n) is 5.77. The van der Waals surface area contributed by atoms with Crippen LogP contribution in [0.3, 0.4) is 0 Å². The molecule has 1 aliphatic heterocycles. The normalized spacial score (nSPS) is 47.5. The van der Waals surface area contributed by atoms with Crippen LogP contribution in [0.5, 0.6) is 0 Å². The third-order valence-corrected chi connectivity index (χ3v) is 4.33. The molecular formula is C12H18O2. The molecule has 2 bridgehead atoms. The maximum Gasteiger partial charge on any atom is 0.0745 e. The van der Waals surface area contributed by atoms with Crippen LogP contribution in [0.1, 0.15) is 25.7 Å². The second-order valence-electron chi connectivity index (χ2n) is 5.07. The topological polar surface area (TPSA) is 29.5 Å². The first-order valence-corrected chi connectivity index (χ1v) is 5.77. The molecule has 1 saturated heterocycles. The smallest absolute Gasteiger partial charge is 0.0745 e. The van der Waals surface area contributed by atoms with Crippen LogP contribution in [0.15, 0.2) is 12.2 Å². The van der Waals surface area contributed by atoms with Crippen LogP contribution < -0.4 is 0 Å². The van der Waals surface area contributed by atoms with Crippen molar-refractivity contribution in [1.29, 1.82) is 0 Å². The molecule has 2 heteroatoms. The lowest BCUT2D eigenvalue weighted by molar-refractivity contribution is -0.0814. The summed E-state index contributed by atoms with van der Waals surface area (Å²) in [5, 5.41) is 10.7. The number of fused-ring (bicyclic) bond motifs is 2. The molecule has 0 aromatic heterocycles. The van der Waals surface area contributed by atoms with Gasteiger partial charge in [0.2, 0.25) is 0 Å². The van der Waals surface area contributed by atoms with E-state index in [4.69, 9.17) is 4.74 Å². The van der Waals surface area contributed by atoms with Crippen LogP contribution in [0.2, 0.25) is 0 Å². The maximum atomic E-state index is 10.7. The summed E-state index contributed by atoms with van der Waals surface area (Å²) in [5.74, 6) is 1.58. The van der Waals surface area contributed by atoms with Crippen LogP contribution in [0.25, 0.3) is 0 Å². The van der Waals surface area contributed by atoms with Gasteiger partial charge in [0, 0.05) is 19.1 Å². The van der Waals surface area contributed by atoms with Gasteiger partial charge in [0.25, 0.3) is 0 Å². The van der Waals surface area contributed by atoms with Crippen molar-refractivity contribution in [1.82, 2.24) is 0 Å². The van der Waals surface area contributed by atoms with Crippen molar-refractivity contribution < 1.29 is 9.84 Å². The predicted octanol–water partition coefficient (Wildman–Crippen LogP) is 1.74. The second kappa shape index (κ2) is 3.07. The summed E-state index contributed by atoms with van der Waals surface area (Å²) in [5.41, 5.74) is -0.386. The van der Waals surface area contributed by atoms with Gasteiger partial charge in [0.05, 0.1) is 5.60 Å². The van der Waals surface area contributed by atoms with Gasteiger partial charge in [0.15, 0.2) is 0 Å². The fourth-order valence-electron chi connectivity index (χ4n) is 3.53. The average Bonchev–Trinajstić information content (AvgIpc) is 2.79. The van der Waals surface area contributed by atoms with Crippen molar-refractivity contribution in [3.05, 3.63) is 12.2 Å². The zero-order valence-corrected chi connectivity index (χ0v) is 8.48. The monoisotopic (exact) mass is 194 g/mol. The van der Waals surface area contributed by atoms with Gasteiger partial charge in [0.1, 0.15) is 0 Å². The maximum absolute atomic E-state index is 10.7. The largest absolute Gasteiger partial charge is 0.389 e. The SMILES string of the molecule is OC1(C2CCOCC2)CC2C=CC1C2. The highest BCUT2D eigenvalue weighted by Crippen LogP contribution is 2.51. The van der Waals surface area contributed by atoms with Gasteiger partial charge < -0.3 is 9.84 Å². The molecule has 3 atom stereocenters. The molecule has 2 nitrogen and oxygen atoms in total. The Morgan fingerprint density at radius 1 is 1.21 bits per heavy atom. The third-order valence-electron chi connectivity index (χ3n) is 4.33. The Kier molecular flexibility index (Phi) is 1.96. The van der Waals surface area contributed by atoms with Crippen molar-refractivity contribution >= 4 is 0 Å². The number of rotatable bonds is 1. The molecular weight excluding hydrogens is 176 g/mol. The van der Waals surface area contributed by atoms with E-state index in [-0.39, 0.29) is 5.60 Å². The van der Waals surface area contributed by atoms with Crippen LogP contribution in [0.4, 0.5) is 0 Å². The minimum Gasteiger partial charge on any atom is -0.389 e. The Labute approximate surface area is 85.0 Å². The van der Waals surface area contributed by atoms with Gasteiger partial charge in [-0.25, -0.2) is 0 Å². The predicted molar refractivity (Wildman–Crippen MR) is 53.8 cm³/mol. The highest BCUT2D eigenvalue weighted by molar-refractivity contribution is 5.18. The zero-order valence-electron chi connectivity index (χ0n) is 8.48. The molecule has 1 heterocycles.